The smallest absolute Gasteiger partial charge is 0.258 e. The van der Waals surface area contributed by atoms with Crippen molar-refractivity contribution in [1.29, 1.82) is 0 Å². The van der Waals surface area contributed by atoms with E-state index in [4.69, 9.17) is 0 Å². The van der Waals surface area contributed by atoms with Crippen LogP contribution in [0, 0.1) is 0 Å². The molecule has 4 rings (SSSR count). The maximum atomic E-state index is 13.1. The summed E-state index contributed by atoms with van der Waals surface area (Å²) < 4.78 is 0. The third-order valence-electron chi connectivity index (χ3n) is 5.70. The highest BCUT2D eigenvalue weighted by molar-refractivity contribution is 6.08. The van der Waals surface area contributed by atoms with E-state index in [2.05, 4.69) is 13.0 Å². The molecule has 0 radical (unpaired) electrons. The van der Waals surface area contributed by atoms with Crippen LogP contribution in [0.1, 0.15) is 58.9 Å². The quantitative estimate of drug-likeness (QED) is 0.799. The lowest BCUT2D eigenvalue weighted by molar-refractivity contribution is 0.0761. The summed E-state index contributed by atoms with van der Waals surface area (Å²) in [5.74, 6) is 0.0806. The second kappa shape index (κ2) is 7.55. The number of hydrogen-bond acceptors (Lipinski definition) is 2. The minimum Gasteiger partial charge on any atom is -0.339 e. The molecule has 2 heterocycles. The molecular weight excluding hydrogens is 336 g/mol. The predicted octanol–water partition coefficient (Wildman–Crippen LogP) is 4.29. The summed E-state index contributed by atoms with van der Waals surface area (Å²) in [4.78, 5) is 29.6. The van der Waals surface area contributed by atoms with Crippen molar-refractivity contribution in [3.8, 4) is 0 Å². The van der Waals surface area contributed by atoms with Gasteiger partial charge >= 0.3 is 0 Å². The molecule has 0 saturated carbocycles. The van der Waals surface area contributed by atoms with E-state index in [0.29, 0.717) is 11.1 Å². The molecular formula is C23H26N2O2. The van der Waals surface area contributed by atoms with Crippen LogP contribution in [0.15, 0.2) is 48.5 Å². The lowest BCUT2D eigenvalue weighted by Crippen LogP contribution is -2.35. The van der Waals surface area contributed by atoms with E-state index in [1.807, 2.05) is 28.0 Å². The highest BCUT2D eigenvalue weighted by Gasteiger charge is 2.31. The van der Waals surface area contributed by atoms with Gasteiger partial charge in [-0.25, -0.2) is 0 Å². The Kier molecular flexibility index (Phi) is 4.97. The summed E-state index contributed by atoms with van der Waals surface area (Å²) in [5, 5.41) is 0. The van der Waals surface area contributed by atoms with E-state index in [0.717, 1.165) is 38.0 Å². The number of likely N-dealkylation sites (tertiary alicyclic amines) is 1. The average molecular weight is 362 g/mol. The van der Waals surface area contributed by atoms with Gasteiger partial charge in [-0.1, -0.05) is 31.0 Å². The predicted molar refractivity (Wildman–Crippen MR) is 107 cm³/mol. The van der Waals surface area contributed by atoms with Crippen molar-refractivity contribution in [2.24, 2.45) is 0 Å². The second-order valence-electron chi connectivity index (χ2n) is 7.64. The molecule has 1 fully saturated rings. The molecule has 1 unspecified atom stereocenters. The number of nitrogens with zero attached hydrogens (tertiary/aromatic N) is 2. The van der Waals surface area contributed by atoms with Crippen LogP contribution in [0.5, 0.6) is 0 Å². The van der Waals surface area contributed by atoms with Crippen LogP contribution in [0.3, 0.4) is 0 Å². The Bertz CT molecular complexity index is 836. The summed E-state index contributed by atoms with van der Waals surface area (Å²) in [7, 11) is 0. The Morgan fingerprint density at radius 1 is 0.815 bits per heavy atom. The molecule has 1 saturated heterocycles. The average Bonchev–Trinajstić information content (AvgIpc) is 2.86. The van der Waals surface area contributed by atoms with Crippen molar-refractivity contribution < 1.29 is 9.59 Å². The van der Waals surface area contributed by atoms with E-state index in [-0.39, 0.29) is 17.9 Å². The third-order valence-corrected chi connectivity index (χ3v) is 5.70. The van der Waals surface area contributed by atoms with E-state index < -0.39 is 0 Å². The van der Waals surface area contributed by atoms with Crippen molar-refractivity contribution in [1.82, 2.24) is 4.90 Å². The molecule has 2 aliphatic rings. The molecule has 2 amide bonds. The number of carbonyl (C=O) groups is 2. The summed E-state index contributed by atoms with van der Waals surface area (Å²) >= 11 is 0. The summed E-state index contributed by atoms with van der Waals surface area (Å²) in [5.41, 5.74) is 3.51. The maximum Gasteiger partial charge on any atom is 0.258 e. The first-order valence-corrected chi connectivity index (χ1v) is 9.96. The van der Waals surface area contributed by atoms with E-state index in [9.17, 15) is 9.59 Å². The third kappa shape index (κ3) is 3.48. The van der Waals surface area contributed by atoms with Gasteiger partial charge in [0, 0.05) is 35.9 Å². The fraction of sp³-hybridized carbons (Fsp3) is 0.391. The van der Waals surface area contributed by atoms with Gasteiger partial charge in [0.2, 0.25) is 0 Å². The monoisotopic (exact) mass is 362 g/mol. The number of fused-ring (bicyclic) bond motifs is 1. The molecule has 1 atom stereocenters. The number of para-hydroxylation sites is 1. The number of anilines is 1. The number of hydrogen-bond donors (Lipinski definition) is 0. The standard InChI is InChI=1S/C23H26N2O2/c1-17-16-20-8-4-5-9-21(20)25(17)23(27)19-12-10-18(11-13-19)22(26)24-14-6-2-3-7-15-24/h4-5,8-13,17H,2-3,6-7,14-16H2,1H3. The molecule has 27 heavy (non-hydrogen) atoms. The minimum absolute atomic E-state index is 0.00113. The molecule has 2 aliphatic heterocycles. The van der Waals surface area contributed by atoms with Gasteiger partial charge in [-0.3, -0.25) is 9.59 Å². The van der Waals surface area contributed by atoms with Gasteiger partial charge in [0.05, 0.1) is 0 Å². The number of carbonyl (C=O) groups excluding carboxylic acids is 2. The fourth-order valence-electron chi connectivity index (χ4n) is 4.23. The van der Waals surface area contributed by atoms with Gasteiger partial charge in [-0.05, 0) is 62.1 Å². The van der Waals surface area contributed by atoms with E-state index in [1.165, 1.54) is 18.4 Å². The van der Waals surface area contributed by atoms with Crippen LogP contribution >= 0.6 is 0 Å². The second-order valence-corrected chi connectivity index (χ2v) is 7.64. The first-order chi connectivity index (χ1) is 13.1. The van der Waals surface area contributed by atoms with E-state index in [1.54, 1.807) is 24.3 Å². The first kappa shape index (κ1) is 17.8. The Balaban J connectivity index is 1.52. The Hall–Kier alpha value is -2.62. The van der Waals surface area contributed by atoms with Crippen molar-refractivity contribution in [2.75, 3.05) is 18.0 Å². The summed E-state index contributed by atoms with van der Waals surface area (Å²) in [6.07, 6.45) is 5.44. The summed E-state index contributed by atoms with van der Waals surface area (Å²) in [6, 6.07) is 15.4. The number of rotatable bonds is 2. The van der Waals surface area contributed by atoms with Crippen LogP contribution in [-0.2, 0) is 6.42 Å². The Morgan fingerprint density at radius 2 is 1.41 bits per heavy atom. The molecule has 4 nitrogen and oxygen atoms in total. The number of amides is 2. The lowest BCUT2D eigenvalue weighted by Gasteiger charge is -2.23. The first-order valence-electron chi connectivity index (χ1n) is 9.96. The van der Waals surface area contributed by atoms with Crippen molar-refractivity contribution in [3.05, 3.63) is 65.2 Å². The highest BCUT2D eigenvalue weighted by atomic mass is 16.2. The molecule has 0 aliphatic carbocycles. The van der Waals surface area contributed by atoms with Crippen LogP contribution in [0.4, 0.5) is 5.69 Å². The van der Waals surface area contributed by atoms with Gasteiger partial charge in [0.25, 0.3) is 11.8 Å². The zero-order valence-electron chi connectivity index (χ0n) is 15.9. The molecule has 4 heteroatoms. The minimum atomic E-state index is 0.00113. The normalized spacial score (nSPS) is 19.5. The van der Waals surface area contributed by atoms with Gasteiger partial charge in [0.1, 0.15) is 0 Å². The van der Waals surface area contributed by atoms with Crippen LogP contribution in [-0.4, -0.2) is 35.8 Å². The van der Waals surface area contributed by atoms with Crippen molar-refractivity contribution in [3.63, 3.8) is 0 Å². The van der Waals surface area contributed by atoms with Gasteiger partial charge in [-0.2, -0.15) is 0 Å². The van der Waals surface area contributed by atoms with Crippen molar-refractivity contribution >= 4 is 17.5 Å². The van der Waals surface area contributed by atoms with Crippen LogP contribution < -0.4 is 4.90 Å². The zero-order valence-corrected chi connectivity index (χ0v) is 15.9. The van der Waals surface area contributed by atoms with Crippen LogP contribution in [0.2, 0.25) is 0 Å². The molecule has 2 aromatic rings. The topological polar surface area (TPSA) is 40.6 Å². The summed E-state index contributed by atoms with van der Waals surface area (Å²) in [6.45, 7) is 3.75. The molecule has 0 bridgehead atoms. The van der Waals surface area contributed by atoms with Crippen molar-refractivity contribution in [2.45, 2.75) is 45.1 Å². The fourth-order valence-corrected chi connectivity index (χ4v) is 4.23. The number of benzene rings is 2. The maximum absolute atomic E-state index is 13.1. The largest absolute Gasteiger partial charge is 0.339 e. The zero-order chi connectivity index (χ0) is 18.8. The molecule has 2 aromatic carbocycles. The highest BCUT2D eigenvalue weighted by Crippen LogP contribution is 2.33. The van der Waals surface area contributed by atoms with E-state index >= 15 is 0 Å². The SMILES string of the molecule is CC1Cc2ccccc2N1C(=O)c1ccc(C(=O)N2CCCCCC2)cc1. The molecule has 0 N–H and O–H groups in total. The Morgan fingerprint density at radius 3 is 2.07 bits per heavy atom. The lowest BCUT2D eigenvalue weighted by atomic mass is 10.1. The Labute approximate surface area is 160 Å². The molecule has 0 aromatic heterocycles. The molecule has 0 spiro atoms. The van der Waals surface area contributed by atoms with Gasteiger partial charge < -0.3 is 9.80 Å². The molecule has 140 valence electrons. The van der Waals surface area contributed by atoms with Gasteiger partial charge in [-0.15, -0.1) is 0 Å². The van der Waals surface area contributed by atoms with Gasteiger partial charge in [0.15, 0.2) is 0 Å². The van der Waals surface area contributed by atoms with Crippen LogP contribution in [0.25, 0.3) is 0 Å².